The second-order valence-electron chi connectivity index (χ2n) is 7.60. The Morgan fingerprint density at radius 1 is 0.939 bits per heavy atom. The van der Waals surface area contributed by atoms with E-state index in [0.29, 0.717) is 12.2 Å². The first-order valence-corrected chi connectivity index (χ1v) is 11.4. The lowest BCUT2D eigenvalue weighted by Crippen LogP contribution is -2.07. The lowest BCUT2D eigenvalue weighted by atomic mass is 10.1. The standard InChI is InChI=1S/C26H21N5OS/c32-25(15-14-22-18-31(30-29-22)17-20-6-2-1-3-7-20)27-21-12-10-19(11-13-21)16-26-28-23-8-4-5-9-24(23)33-26/h1-15,18H,16-17H2,(H,27,32)/b15-14+. The predicted molar refractivity (Wildman–Crippen MR) is 132 cm³/mol. The highest BCUT2D eigenvalue weighted by Gasteiger charge is 2.05. The maximum Gasteiger partial charge on any atom is 0.248 e. The van der Waals surface area contributed by atoms with Crippen molar-refractivity contribution >= 4 is 39.2 Å². The minimum Gasteiger partial charge on any atom is -0.323 e. The number of amides is 1. The quantitative estimate of drug-likeness (QED) is 0.346. The van der Waals surface area contributed by atoms with Gasteiger partial charge in [-0.05, 0) is 41.5 Å². The minimum atomic E-state index is -0.216. The molecule has 0 radical (unpaired) electrons. The summed E-state index contributed by atoms with van der Waals surface area (Å²) in [6.07, 6.45) is 5.71. The van der Waals surface area contributed by atoms with E-state index in [1.54, 1.807) is 22.1 Å². The van der Waals surface area contributed by atoms with Gasteiger partial charge in [0.2, 0.25) is 5.91 Å². The number of aromatic nitrogens is 4. The van der Waals surface area contributed by atoms with Crippen LogP contribution < -0.4 is 5.32 Å². The molecule has 0 unspecified atom stereocenters. The van der Waals surface area contributed by atoms with Gasteiger partial charge in [0.15, 0.2) is 0 Å². The summed E-state index contributed by atoms with van der Waals surface area (Å²) in [6.45, 7) is 0.636. The Labute approximate surface area is 195 Å². The summed E-state index contributed by atoms with van der Waals surface area (Å²) in [5.41, 5.74) is 4.70. The fourth-order valence-electron chi connectivity index (χ4n) is 3.46. The monoisotopic (exact) mass is 451 g/mol. The average Bonchev–Trinajstić information content (AvgIpc) is 3.46. The smallest absolute Gasteiger partial charge is 0.248 e. The summed E-state index contributed by atoms with van der Waals surface area (Å²) in [5, 5.41) is 12.2. The number of benzene rings is 3. The molecule has 0 saturated heterocycles. The zero-order valence-corrected chi connectivity index (χ0v) is 18.6. The summed E-state index contributed by atoms with van der Waals surface area (Å²) in [6, 6.07) is 26.0. The first-order chi connectivity index (χ1) is 16.2. The van der Waals surface area contributed by atoms with Crippen LogP contribution in [0.15, 0.2) is 91.1 Å². The zero-order valence-electron chi connectivity index (χ0n) is 17.8. The number of hydrogen-bond acceptors (Lipinski definition) is 5. The molecule has 0 atom stereocenters. The minimum absolute atomic E-state index is 0.216. The molecule has 5 aromatic rings. The molecule has 0 fully saturated rings. The van der Waals surface area contributed by atoms with Crippen LogP contribution in [0.1, 0.15) is 21.8 Å². The highest BCUT2D eigenvalue weighted by atomic mass is 32.1. The van der Waals surface area contributed by atoms with E-state index in [-0.39, 0.29) is 5.91 Å². The molecule has 0 aliphatic heterocycles. The Bertz CT molecular complexity index is 1370. The van der Waals surface area contributed by atoms with E-state index in [2.05, 4.69) is 26.7 Å². The molecule has 0 bridgehead atoms. The zero-order chi connectivity index (χ0) is 22.5. The second kappa shape index (κ2) is 9.58. The summed E-state index contributed by atoms with van der Waals surface area (Å²) in [5.74, 6) is -0.216. The van der Waals surface area contributed by atoms with Gasteiger partial charge in [0.05, 0.1) is 28.0 Å². The largest absolute Gasteiger partial charge is 0.323 e. The molecule has 0 aliphatic carbocycles. The van der Waals surface area contributed by atoms with Gasteiger partial charge in [-0.2, -0.15) is 0 Å². The van der Waals surface area contributed by atoms with Crippen molar-refractivity contribution in [3.05, 3.63) is 113 Å². The Morgan fingerprint density at radius 3 is 2.55 bits per heavy atom. The van der Waals surface area contributed by atoms with Crippen LogP contribution in [0.4, 0.5) is 5.69 Å². The van der Waals surface area contributed by atoms with Crippen molar-refractivity contribution in [1.29, 1.82) is 0 Å². The van der Waals surface area contributed by atoms with Gasteiger partial charge in [-0.25, -0.2) is 9.67 Å². The molecule has 5 rings (SSSR count). The number of nitrogens with one attached hydrogen (secondary N) is 1. The Hall–Kier alpha value is -4.10. The van der Waals surface area contributed by atoms with E-state index in [0.717, 1.165) is 33.8 Å². The third-order valence-corrected chi connectivity index (χ3v) is 6.10. The van der Waals surface area contributed by atoms with Gasteiger partial charge in [0.25, 0.3) is 0 Å². The molecular weight excluding hydrogens is 430 g/mol. The lowest BCUT2D eigenvalue weighted by molar-refractivity contribution is -0.111. The van der Waals surface area contributed by atoms with Crippen molar-refractivity contribution in [3.63, 3.8) is 0 Å². The van der Waals surface area contributed by atoms with Crippen LogP contribution in [0.3, 0.4) is 0 Å². The van der Waals surface area contributed by atoms with Gasteiger partial charge in [-0.15, -0.1) is 16.4 Å². The van der Waals surface area contributed by atoms with Crippen LogP contribution in [0, 0.1) is 0 Å². The van der Waals surface area contributed by atoms with Gasteiger partial charge in [-0.3, -0.25) is 4.79 Å². The third kappa shape index (κ3) is 5.39. The Morgan fingerprint density at radius 2 is 1.73 bits per heavy atom. The van der Waals surface area contributed by atoms with Crippen LogP contribution >= 0.6 is 11.3 Å². The number of carbonyl (C=O) groups excluding carboxylic acids is 1. The van der Waals surface area contributed by atoms with E-state index < -0.39 is 0 Å². The first kappa shape index (κ1) is 20.8. The van der Waals surface area contributed by atoms with Crippen LogP contribution in [-0.2, 0) is 17.8 Å². The molecule has 2 heterocycles. The van der Waals surface area contributed by atoms with Gasteiger partial charge >= 0.3 is 0 Å². The highest BCUT2D eigenvalue weighted by Crippen LogP contribution is 2.24. The van der Waals surface area contributed by atoms with Crippen molar-refractivity contribution in [2.75, 3.05) is 5.32 Å². The number of fused-ring (bicyclic) bond motifs is 1. The molecule has 33 heavy (non-hydrogen) atoms. The van der Waals surface area contributed by atoms with E-state index in [1.807, 2.05) is 79.0 Å². The number of carbonyl (C=O) groups is 1. The van der Waals surface area contributed by atoms with E-state index >= 15 is 0 Å². The molecule has 6 nitrogen and oxygen atoms in total. The van der Waals surface area contributed by atoms with Gasteiger partial charge in [0, 0.05) is 18.2 Å². The van der Waals surface area contributed by atoms with E-state index in [1.165, 1.54) is 10.8 Å². The van der Waals surface area contributed by atoms with Crippen LogP contribution in [0.2, 0.25) is 0 Å². The van der Waals surface area contributed by atoms with Gasteiger partial charge in [-0.1, -0.05) is 59.8 Å². The van der Waals surface area contributed by atoms with Gasteiger partial charge in [0.1, 0.15) is 5.69 Å². The van der Waals surface area contributed by atoms with Crippen LogP contribution in [0.25, 0.3) is 16.3 Å². The third-order valence-electron chi connectivity index (χ3n) is 5.06. The molecule has 2 aromatic heterocycles. The van der Waals surface area contributed by atoms with Gasteiger partial charge < -0.3 is 5.32 Å². The molecule has 7 heteroatoms. The molecule has 1 N–H and O–H groups in total. The summed E-state index contributed by atoms with van der Waals surface area (Å²) < 4.78 is 2.94. The Kier molecular flexibility index (Phi) is 6.04. The van der Waals surface area contributed by atoms with Crippen molar-refractivity contribution in [3.8, 4) is 0 Å². The van der Waals surface area contributed by atoms with Crippen LogP contribution in [0.5, 0.6) is 0 Å². The predicted octanol–water partition coefficient (Wildman–Crippen LogP) is 5.18. The number of thiazole rings is 1. The molecule has 0 spiro atoms. The molecular formula is C26H21N5OS. The van der Waals surface area contributed by atoms with Crippen molar-refractivity contribution in [2.45, 2.75) is 13.0 Å². The van der Waals surface area contributed by atoms with Crippen molar-refractivity contribution in [1.82, 2.24) is 20.0 Å². The maximum absolute atomic E-state index is 12.3. The topological polar surface area (TPSA) is 72.7 Å². The normalized spacial score (nSPS) is 11.3. The fraction of sp³-hybridized carbons (Fsp3) is 0.0769. The SMILES string of the molecule is O=C(/C=C/c1cn(Cc2ccccc2)nn1)Nc1ccc(Cc2nc3ccccc3s2)cc1. The number of para-hydroxylation sites is 1. The van der Waals surface area contributed by atoms with Crippen molar-refractivity contribution in [2.24, 2.45) is 0 Å². The highest BCUT2D eigenvalue weighted by molar-refractivity contribution is 7.18. The maximum atomic E-state index is 12.3. The second-order valence-corrected chi connectivity index (χ2v) is 8.71. The Balaban J connectivity index is 1.16. The summed E-state index contributed by atoms with van der Waals surface area (Å²) in [4.78, 5) is 17.0. The lowest BCUT2D eigenvalue weighted by Gasteiger charge is -2.03. The fourth-order valence-corrected chi connectivity index (χ4v) is 4.46. The summed E-state index contributed by atoms with van der Waals surface area (Å²) >= 11 is 1.71. The first-order valence-electron chi connectivity index (χ1n) is 10.6. The molecule has 0 aliphatic rings. The van der Waals surface area contributed by atoms with E-state index in [9.17, 15) is 4.79 Å². The summed E-state index contributed by atoms with van der Waals surface area (Å²) in [7, 11) is 0. The number of nitrogens with zero attached hydrogens (tertiary/aromatic N) is 4. The van der Waals surface area contributed by atoms with E-state index in [4.69, 9.17) is 0 Å². The number of hydrogen-bond donors (Lipinski definition) is 1. The molecule has 3 aromatic carbocycles. The average molecular weight is 452 g/mol. The number of rotatable bonds is 7. The molecule has 1 amide bonds. The van der Waals surface area contributed by atoms with Crippen LogP contribution in [-0.4, -0.2) is 25.9 Å². The number of anilines is 1. The molecule has 0 saturated carbocycles. The molecule has 162 valence electrons. The van der Waals surface area contributed by atoms with Crippen molar-refractivity contribution < 1.29 is 4.79 Å².